The van der Waals surface area contributed by atoms with Crippen LogP contribution in [0.5, 0.6) is 5.75 Å². The van der Waals surface area contributed by atoms with Gasteiger partial charge in [-0.2, -0.15) is 5.26 Å². The van der Waals surface area contributed by atoms with E-state index in [1.807, 2.05) is 6.07 Å². The molecule has 0 bridgehead atoms. The van der Waals surface area contributed by atoms with Crippen LogP contribution in [0.4, 0.5) is 0 Å². The van der Waals surface area contributed by atoms with E-state index in [-0.39, 0.29) is 5.75 Å². The van der Waals surface area contributed by atoms with Gasteiger partial charge in [-0.1, -0.05) is 17.7 Å². The van der Waals surface area contributed by atoms with Crippen LogP contribution >= 0.6 is 11.6 Å². The molecule has 19 heavy (non-hydrogen) atoms. The monoisotopic (exact) mass is 269 g/mol. The first-order valence-electron chi connectivity index (χ1n) is 5.57. The molecule has 2 aromatic heterocycles. The maximum absolute atomic E-state index is 9.83. The van der Waals surface area contributed by atoms with Gasteiger partial charge in [-0.3, -0.25) is 0 Å². The van der Waals surface area contributed by atoms with Crippen molar-refractivity contribution in [1.29, 1.82) is 5.26 Å². The van der Waals surface area contributed by atoms with Gasteiger partial charge in [0.15, 0.2) is 0 Å². The summed E-state index contributed by atoms with van der Waals surface area (Å²) in [6.45, 7) is 0. The summed E-state index contributed by atoms with van der Waals surface area (Å²) in [6.07, 6.45) is 0. The largest absolute Gasteiger partial charge is 0.506 e. The number of aromatic hydroxyl groups is 1. The molecule has 0 spiro atoms. The topological polar surface area (TPSA) is 72.7 Å². The van der Waals surface area contributed by atoms with Crippen molar-refractivity contribution >= 4 is 22.5 Å². The SMILES string of the molecule is N#Cc1cccc2[nH]c(-c3nc(Cl)ccc3O)cc12. The van der Waals surface area contributed by atoms with Gasteiger partial charge in [-0.05, 0) is 30.3 Å². The summed E-state index contributed by atoms with van der Waals surface area (Å²) in [4.78, 5) is 7.22. The highest BCUT2D eigenvalue weighted by Crippen LogP contribution is 2.31. The number of nitrogens with one attached hydrogen (secondary N) is 1. The smallest absolute Gasteiger partial charge is 0.143 e. The number of rotatable bonds is 1. The minimum Gasteiger partial charge on any atom is -0.506 e. The van der Waals surface area contributed by atoms with Crippen LogP contribution in [0.3, 0.4) is 0 Å². The molecule has 4 nitrogen and oxygen atoms in total. The van der Waals surface area contributed by atoms with Gasteiger partial charge in [-0.25, -0.2) is 4.98 Å². The number of H-pyrrole nitrogens is 1. The lowest BCUT2D eigenvalue weighted by Gasteiger charge is -2.00. The summed E-state index contributed by atoms with van der Waals surface area (Å²) in [5, 5.41) is 20.0. The Morgan fingerprint density at radius 2 is 2.11 bits per heavy atom. The van der Waals surface area contributed by atoms with Crippen LogP contribution in [0.25, 0.3) is 22.3 Å². The Bertz CT molecular complexity index is 817. The number of halogens is 1. The highest BCUT2D eigenvalue weighted by Gasteiger charge is 2.11. The van der Waals surface area contributed by atoms with Crippen molar-refractivity contribution in [2.45, 2.75) is 0 Å². The number of aromatic amines is 1. The van der Waals surface area contributed by atoms with Crippen molar-refractivity contribution in [1.82, 2.24) is 9.97 Å². The Morgan fingerprint density at radius 3 is 2.89 bits per heavy atom. The van der Waals surface area contributed by atoms with Crippen molar-refractivity contribution < 1.29 is 5.11 Å². The van der Waals surface area contributed by atoms with Gasteiger partial charge in [0.2, 0.25) is 0 Å². The lowest BCUT2D eigenvalue weighted by molar-refractivity contribution is 0.475. The van der Waals surface area contributed by atoms with Crippen molar-refractivity contribution in [2.24, 2.45) is 0 Å². The molecule has 0 radical (unpaired) electrons. The average molecular weight is 270 g/mol. The van der Waals surface area contributed by atoms with Gasteiger partial charge in [0.1, 0.15) is 16.6 Å². The molecule has 0 aliphatic heterocycles. The van der Waals surface area contributed by atoms with Gasteiger partial charge in [0, 0.05) is 10.9 Å². The number of hydrogen-bond acceptors (Lipinski definition) is 3. The van der Waals surface area contributed by atoms with E-state index in [9.17, 15) is 5.11 Å². The molecule has 3 rings (SSSR count). The molecule has 1 aromatic carbocycles. The second kappa shape index (κ2) is 4.30. The number of nitrogens with zero attached hydrogens (tertiary/aromatic N) is 2. The molecule has 2 N–H and O–H groups in total. The minimum absolute atomic E-state index is 0.0365. The molecular formula is C14H8ClN3O. The van der Waals surface area contributed by atoms with E-state index in [1.165, 1.54) is 12.1 Å². The number of fused-ring (bicyclic) bond motifs is 1. The second-order valence-corrected chi connectivity index (χ2v) is 4.45. The van der Waals surface area contributed by atoms with E-state index in [0.717, 1.165) is 10.9 Å². The number of pyridine rings is 1. The highest BCUT2D eigenvalue weighted by molar-refractivity contribution is 6.29. The normalized spacial score (nSPS) is 10.5. The molecular weight excluding hydrogens is 262 g/mol. The summed E-state index contributed by atoms with van der Waals surface area (Å²) in [5.41, 5.74) is 2.38. The van der Waals surface area contributed by atoms with Gasteiger partial charge in [-0.15, -0.1) is 0 Å². The fraction of sp³-hybridized carbons (Fsp3) is 0. The summed E-state index contributed by atoms with van der Waals surface area (Å²) in [7, 11) is 0. The average Bonchev–Trinajstić information content (AvgIpc) is 2.85. The molecule has 0 saturated carbocycles. The molecule has 0 saturated heterocycles. The molecule has 5 heteroatoms. The van der Waals surface area contributed by atoms with Crippen LogP contribution in [0.1, 0.15) is 5.56 Å². The maximum atomic E-state index is 9.83. The fourth-order valence-electron chi connectivity index (χ4n) is 2.01. The van der Waals surface area contributed by atoms with E-state index in [4.69, 9.17) is 16.9 Å². The van der Waals surface area contributed by atoms with Gasteiger partial charge in [0.25, 0.3) is 0 Å². The summed E-state index contributed by atoms with van der Waals surface area (Å²) < 4.78 is 0. The van der Waals surface area contributed by atoms with Gasteiger partial charge in [0.05, 0.1) is 17.3 Å². The Hall–Kier alpha value is -2.51. The third-order valence-corrected chi connectivity index (χ3v) is 3.09. The highest BCUT2D eigenvalue weighted by atomic mass is 35.5. The number of benzene rings is 1. The predicted molar refractivity (Wildman–Crippen MR) is 72.9 cm³/mol. The molecule has 0 aliphatic carbocycles. The molecule has 0 amide bonds. The number of aromatic nitrogens is 2. The van der Waals surface area contributed by atoms with Gasteiger partial charge >= 0.3 is 0 Å². The maximum Gasteiger partial charge on any atom is 0.143 e. The molecule has 0 unspecified atom stereocenters. The van der Waals surface area contributed by atoms with Gasteiger partial charge < -0.3 is 10.1 Å². The Labute approximate surface area is 113 Å². The third-order valence-electron chi connectivity index (χ3n) is 2.88. The van der Waals surface area contributed by atoms with Crippen molar-refractivity contribution in [2.75, 3.05) is 0 Å². The van der Waals surface area contributed by atoms with E-state index in [0.29, 0.717) is 22.1 Å². The summed E-state index contributed by atoms with van der Waals surface area (Å²) in [6, 6.07) is 12.3. The molecule has 0 fully saturated rings. The van der Waals surface area contributed by atoms with Crippen LogP contribution in [0.2, 0.25) is 5.15 Å². The minimum atomic E-state index is 0.0365. The van der Waals surface area contributed by atoms with Crippen LogP contribution in [0.15, 0.2) is 36.4 Å². The zero-order valence-electron chi connectivity index (χ0n) is 9.68. The van der Waals surface area contributed by atoms with Crippen LogP contribution < -0.4 is 0 Å². The summed E-state index contributed by atoms with van der Waals surface area (Å²) in [5.74, 6) is 0.0365. The van der Waals surface area contributed by atoms with Crippen molar-refractivity contribution in [3.8, 4) is 23.2 Å². The van der Waals surface area contributed by atoms with Crippen LogP contribution in [-0.4, -0.2) is 15.1 Å². The Morgan fingerprint density at radius 1 is 1.26 bits per heavy atom. The van der Waals surface area contributed by atoms with Crippen LogP contribution in [0, 0.1) is 11.3 Å². The second-order valence-electron chi connectivity index (χ2n) is 4.06. The first-order valence-corrected chi connectivity index (χ1v) is 5.94. The van der Waals surface area contributed by atoms with Crippen LogP contribution in [-0.2, 0) is 0 Å². The van der Waals surface area contributed by atoms with E-state index >= 15 is 0 Å². The van der Waals surface area contributed by atoms with Crippen molar-refractivity contribution in [3.05, 3.63) is 47.1 Å². The Balaban J connectivity index is 2.27. The number of nitriles is 1. The lowest BCUT2D eigenvalue weighted by Crippen LogP contribution is -1.84. The third kappa shape index (κ3) is 1.90. The predicted octanol–water partition coefficient (Wildman–Crippen LogP) is 3.46. The quantitative estimate of drug-likeness (QED) is 0.665. The molecule has 0 aliphatic rings. The van der Waals surface area contributed by atoms with E-state index in [1.54, 1.807) is 18.2 Å². The number of hydrogen-bond donors (Lipinski definition) is 2. The zero-order chi connectivity index (χ0) is 13.4. The zero-order valence-corrected chi connectivity index (χ0v) is 10.4. The van der Waals surface area contributed by atoms with E-state index in [2.05, 4.69) is 16.0 Å². The first kappa shape index (κ1) is 11.6. The lowest BCUT2D eigenvalue weighted by atomic mass is 10.1. The standard InChI is InChI=1S/C14H8ClN3O/c15-13-5-4-12(19)14(18-13)11-6-9-8(7-16)2-1-3-10(9)17-11/h1-6,17,19H. The summed E-state index contributed by atoms with van der Waals surface area (Å²) >= 11 is 5.84. The Kier molecular flexibility index (Phi) is 2.62. The molecule has 2 heterocycles. The molecule has 0 atom stereocenters. The van der Waals surface area contributed by atoms with Crippen molar-refractivity contribution in [3.63, 3.8) is 0 Å². The van der Waals surface area contributed by atoms with E-state index < -0.39 is 0 Å². The molecule has 92 valence electrons. The fourth-order valence-corrected chi connectivity index (χ4v) is 2.15. The molecule has 3 aromatic rings. The first-order chi connectivity index (χ1) is 9.19.